The quantitative estimate of drug-likeness (QED) is 0.507. The van der Waals surface area contributed by atoms with E-state index < -0.39 is 0 Å². The van der Waals surface area contributed by atoms with Crippen molar-refractivity contribution in [2.45, 2.75) is 18.6 Å². The number of anilines is 1. The van der Waals surface area contributed by atoms with Gasteiger partial charge in [0.15, 0.2) is 11.0 Å². The molecule has 142 valence electrons. The highest BCUT2D eigenvalue weighted by molar-refractivity contribution is 7.99. The summed E-state index contributed by atoms with van der Waals surface area (Å²) in [4.78, 5) is 12.2. The summed E-state index contributed by atoms with van der Waals surface area (Å²) in [7, 11) is 1.88. The number of para-hydroxylation sites is 1. The number of amides is 1. The summed E-state index contributed by atoms with van der Waals surface area (Å²) in [6.45, 7) is 2.45. The lowest BCUT2D eigenvalue weighted by atomic mass is 10.2. The molecule has 0 spiro atoms. The zero-order valence-electron chi connectivity index (χ0n) is 15.5. The van der Waals surface area contributed by atoms with Gasteiger partial charge in [0.1, 0.15) is 12.1 Å². The first kappa shape index (κ1) is 18.2. The van der Waals surface area contributed by atoms with E-state index in [4.69, 9.17) is 0 Å². The molecule has 0 bridgehead atoms. The summed E-state index contributed by atoms with van der Waals surface area (Å²) >= 11 is 1.35. The van der Waals surface area contributed by atoms with E-state index in [2.05, 4.69) is 25.8 Å². The van der Waals surface area contributed by atoms with Crippen molar-refractivity contribution < 1.29 is 4.79 Å². The lowest BCUT2D eigenvalue weighted by Gasteiger charge is -2.06. The fraction of sp³-hybridized carbons (Fsp3) is 0.211. The van der Waals surface area contributed by atoms with E-state index in [0.29, 0.717) is 11.7 Å². The van der Waals surface area contributed by atoms with Gasteiger partial charge >= 0.3 is 0 Å². The summed E-state index contributed by atoms with van der Waals surface area (Å²) in [6, 6.07) is 15.5. The molecule has 0 radical (unpaired) electrons. The molecule has 4 aromatic rings. The number of carbonyl (C=O) groups excluding carboxylic acids is 1. The maximum absolute atomic E-state index is 12.2. The third-order valence-corrected chi connectivity index (χ3v) is 5.29. The van der Waals surface area contributed by atoms with Gasteiger partial charge < -0.3 is 9.88 Å². The van der Waals surface area contributed by atoms with Crippen LogP contribution in [0.1, 0.15) is 11.4 Å². The SMILES string of the molecule is Cc1cccc(NC(=O)CSc2nnc(Cn3nnc4ccccc43)n2C)c1. The van der Waals surface area contributed by atoms with Gasteiger partial charge in [-0.15, -0.1) is 15.3 Å². The standard InChI is InChI=1S/C19H19N7OS/c1-13-6-5-7-14(10-13)20-18(27)12-28-19-23-22-17(25(19)2)11-26-16-9-4-3-8-15(16)21-24-26/h3-10H,11-12H2,1-2H3,(H,20,27). The molecular formula is C19H19N7OS. The van der Waals surface area contributed by atoms with Crippen LogP contribution in [0.2, 0.25) is 0 Å². The zero-order chi connectivity index (χ0) is 19.5. The molecule has 0 fully saturated rings. The van der Waals surface area contributed by atoms with Crippen LogP contribution in [0, 0.1) is 6.92 Å². The monoisotopic (exact) mass is 393 g/mol. The second-order valence-corrected chi connectivity index (χ2v) is 7.34. The molecular weight excluding hydrogens is 374 g/mol. The molecule has 28 heavy (non-hydrogen) atoms. The predicted octanol–water partition coefficient (Wildman–Crippen LogP) is 2.65. The Balaban J connectivity index is 1.40. The molecule has 2 heterocycles. The molecule has 4 rings (SSSR count). The van der Waals surface area contributed by atoms with Crippen molar-refractivity contribution in [2.75, 3.05) is 11.1 Å². The highest BCUT2D eigenvalue weighted by Gasteiger charge is 2.14. The average molecular weight is 393 g/mol. The number of carbonyl (C=O) groups is 1. The molecule has 0 aliphatic carbocycles. The van der Waals surface area contributed by atoms with E-state index in [-0.39, 0.29) is 11.7 Å². The third kappa shape index (κ3) is 3.89. The fourth-order valence-corrected chi connectivity index (χ4v) is 3.56. The molecule has 0 unspecified atom stereocenters. The second kappa shape index (κ2) is 7.81. The molecule has 0 saturated carbocycles. The van der Waals surface area contributed by atoms with Gasteiger partial charge in [-0.1, -0.05) is 41.2 Å². The van der Waals surface area contributed by atoms with Gasteiger partial charge in [0.2, 0.25) is 5.91 Å². The zero-order valence-corrected chi connectivity index (χ0v) is 16.3. The van der Waals surface area contributed by atoms with Crippen molar-refractivity contribution in [1.29, 1.82) is 0 Å². The molecule has 1 N–H and O–H groups in total. The minimum atomic E-state index is -0.0811. The van der Waals surface area contributed by atoms with Gasteiger partial charge in [0.25, 0.3) is 0 Å². The van der Waals surface area contributed by atoms with Crippen LogP contribution in [0.25, 0.3) is 11.0 Å². The summed E-state index contributed by atoms with van der Waals surface area (Å²) in [5.41, 5.74) is 3.68. The van der Waals surface area contributed by atoms with Crippen molar-refractivity contribution in [2.24, 2.45) is 7.05 Å². The number of hydrogen-bond acceptors (Lipinski definition) is 6. The molecule has 9 heteroatoms. The summed E-state index contributed by atoms with van der Waals surface area (Å²) in [5, 5.41) is 20.4. The van der Waals surface area contributed by atoms with Crippen LogP contribution in [0.4, 0.5) is 5.69 Å². The Morgan fingerprint density at radius 2 is 1.96 bits per heavy atom. The van der Waals surface area contributed by atoms with E-state index in [9.17, 15) is 4.79 Å². The summed E-state index contributed by atoms with van der Waals surface area (Å²) in [5.74, 6) is 0.922. The first-order valence-corrected chi connectivity index (χ1v) is 9.74. The van der Waals surface area contributed by atoms with E-state index in [1.165, 1.54) is 11.8 Å². The van der Waals surface area contributed by atoms with Crippen LogP contribution >= 0.6 is 11.8 Å². The van der Waals surface area contributed by atoms with Gasteiger partial charge in [-0.05, 0) is 36.8 Å². The molecule has 2 aromatic heterocycles. The summed E-state index contributed by atoms with van der Waals surface area (Å²) < 4.78 is 3.67. The van der Waals surface area contributed by atoms with Gasteiger partial charge in [0, 0.05) is 12.7 Å². The van der Waals surface area contributed by atoms with Crippen molar-refractivity contribution >= 4 is 34.4 Å². The first-order valence-electron chi connectivity index (χ1n) is 8.76. The van der Waals surface area contributed by atoms with Crippen LogP contribution in [0.5, 0.6) is 0 Å². The van der Waals surface area contributed by atoms with Crippen molar-refractivity contribution in [3.8, 4) is 0 Å². The van der Waals surface area contributed by atoms with E-state index in [1.807, 2.05) is 67.1 Å². The van der Waals surface area contributed by atoms with E-state index >= 15 is 0 Å². The van der Waals surface area contributed by atoms with Crippen molar-refractivity contribution in [1.82, 2.24) is 29.8 Å². The number of rotatable bonds is 6. The molecule has 0 atom stereocenters. The first-order chi connectivity index (χ1) is 13.6. The summed E-state index contributed by atoms with van der Waals surface area (Å²) in [6.07, 6.45) is 0. The number of hydrogen-bond donors (Lipinski definition) is 1. The van der Waals surface area contributed by atoms with Gasteiger partial charge in [-0.3, -0.25) is 4.79 Å². The molecule has 0 saturated heterocycles. The lowest BCUT2D eigenvalue weighted by Crippen LogP contribution is -2.14. The van der Waals surface area contributed by atoms with Crippen LogP contribution in [-0.4, -0.2) is 41.4 Å². The topological polar surface area (TPSA) is 90.5 Å². The molecule has 1 amide bonds. The smallest absolute Gasteiger partial charge is 0.234 e. The largest absolute Gasteiger partial charge is 0.325 e. The van der Waals surface area contributed by atoms with E-state index in [0.717, 1.165) is 28.1 Å². The maximum atomic E-state index is 12.2. The Bertz CT molecular complexity index is 1130. The maximum Gasteiger partial charge on any atom is 0.234 e. The number of nitrogens with zero attached hydrogens (tertiary/aromatic N) is 6. The number of aryl methyl sites for hydroxylation is 1. The van der Waals surface area contributed by atoms with Gasteiger partial charge in [-0.25, -0.2) is 4.68 Å². The van der Waals surface area contributed by atoms with Crippen molar-refractivity contribution in [3.05, 3.63) is 59.9 Å². The Morgan fingerprint density at radius 3 is 2.82 bits per heavy atom. The molecule has 0 aliphatic heterocycles. The Morgan fingerprint density at radius 1 is 1.11 bits per heavy atom. The number of thioether (sulfide) groups is 1. The van der Waals surface area contributed by atoms with E-state index in [1.54, 1.807) is 4.68 Å². The number of fused-ring (bicyclic) bond motifs is 1. The normalized spacial score (nSPS) is 11.1. The van der Waals surface area contributed by atoms with Gasteiger partial charge in [-0.2, -0.15) is 0 Å². The van der Waals surface area contributed by atoms with Crippen LogP contribution in [0.3, 0.4) is 0 Å². The Labute approximate surface area is 166 Å². The molecule has 0 aliphatic rings. The highest BCUT2D eigenvalue weighted by Crippen LogP contribution is 2.18. The van der Waals surface area contributed by atoms with Crippen LogP contribution in [0.15, 0.2) is 53.7 Å². The molecule has 2 aromatic carbocycles. The Kier molecular flexibility index (Phi) is 5.07. The minimum absolute atomic E-state index is 0.0811. The number of benzene rings is 2. The lowest BCUT2D eigenvalue weighted by molar-refractivity contribution is -0.113. The number of nitrogens with one attached hydrogen (secondary N) is 1. The molecule has 8 nitrogen and oxygen atoms in total. The fourth-order valence-electron chi connectivity index (χ4n) is 2.83. The van der Waals surface area contributed by atoms with Crippen LogP contribution < -0.4 is 5.32 Å². The van der Waals surface area contributed by atoms with Crippen molar-refractivity contribution in [3.63, 3.8) is 0 Å². The Hall–Kier alpha value is -3.20. The predicted molar refractivity (Wildman–Crippen MR) is 108 cm³/mol. The second-order valence-electron chi connectivity index (χ2n) is 6.40. The highest BCUT2D eigenvalue weighted by atomic mass is 32.2. The third-order valence-electron chi connectivity index (χ3n) is 4.27. The number of aromatic nitrogens is 6. The minimum Gasteiger partial charge on any atom is -0.325 e. The van der Waals surface area contributed by atoms with Gasteiger partial charge in [0.05, 0.1) is 11.3 Å². The average Bonchev–Trinajstić information content (AvgIpc) is 3.25. The van der Waals surface area contributed by atoms with Crippen LogP contribution in [-0.2, 0) is 18.4 Å².